The number of carbonyl (C=O) groups excluding carboxylic acids is 2. The van der Waals surface area contributed by atoms with Gasteiger partial charge in [-0.3, -0.25) is 10.1 Å². The van der Waals surface area contributed by atoms with Crippen molar-refractivity contribution < 1.29 is 19.1 Å². The fraction of sp³-hybridized carbons (Fsp3) is 0.333. The van der Waals surface area contributed by atoms with E-state index in [1.807, 2.05) is 24.3 Å². The second-order valence-corrected chi connectivity index (χ2v) is 6.42. The van der Waals surface area contributed by atoms with Crippen molar-refractivity contribution in [3.05, 3.63) is 46.4 Å². The van der Waals surface area contributed by atoms with Crippen molar-refractivity contribution >= 4 is 35.0 Å². The maximum absolute atomic E-state index is 11.7. The quantitative estimate of drug-likeness (QED) is 0.248. The Labute approximate surface area is 156 Å². The normalized spacial score (nSPS) is 17.2. The Morgan fingerprint density at radius 1 is 1.31 bits per heavy atom. The van der Waals surface area contributed by atoms with E-state index in [4.69, 9.17) is 4.74 Å². The number of amidine groups is 1. The lowest BCUT2D eigenvalue weighted by atomic mass is 10.1. The first kappa shape index (κ1) is 19.9. The van der Waals surface area contributed by atoms with Crippen molar-refractivity contribution in [3.8, 4) is 0 Å². The number of ether oxygens (including phenoxy) is 2. The van der Waals surface area contributed by atoms with E-state index < -0.39 is 11.9 Å². The summed E-state index contributed by atoms with van der Waals surface area (Å²) < 4.78 is 10.1. The van der Waals surface area contributed by atoms with Gasteiger partial charge in [-0.2, -0.15) is 5.10 Å². The highest BCUT2D eigenvalue weighted by Gasteiger charge is 2.24. The minimum Gasteiger partial charge on any atom is -0.466 e. The highest BCUT2D eigenvalue weighted by atomic mass is 32.2. The molecule has 1 fully saturated rings. The third-order valence-corrected chi connectivity index (χ3v) is 4.25. The van der Waals surface area contributed by atoms with Crippen molar-refractivity contribution in [2.24, 2.45) is 10.2 Å². The zero-order valence-electron chi connectivity index (χ0n) is 14.7. The van der Waals surface area contributed by atoms with Crippen LogP contribution in [0.3, 0.4) is 0 Å². The molecule has 1 heterocycles. The molecule has 0 aliphatic carbocycles. The highest BCUT2D eigenvalue weighted by molar-refractivity contribution is 8.18. The highest BCUT2D eigenvalue weighted by Crippen LogP contribution is 2.23. The summed E-state index contributed by atoms with van der Waals surface area (Å²) in [5.41, 5.74) is 1.98. The molecule has 1 N–H and O–H groups in total. The largest absolute Gasteiger partial charge is 0.466 e. The molecule has 0 saturated carbocycles. The molecule has 26 heavy (non-hydrogen) atoms. The summed E-state index contributed by atoms with van der Waals surface area (Å²) in [5, 5.41) is 10.7. The first-order valence-corrected chi connectivity index (χ1v) is 9.00. The van der Waals surface area contributed by atoms with Gasteiger partial charge < -0.3 is 9.47 Å². The molecule has 0 bridgehead atoms. The summed E-state index contributed by atoms with van der Waals surface area (Å²) in [7, 11) is 1.25. The Morgan fingerprint density at radius 3 is 2.77 bits per heavy atom. The van der Waals surface area contributed by atoms with Crippen LogP contribution in [0, 0.1) is 0 Å². The zero-order valence-corrected chi connectivity index (χ0v) is 15.5. The predicted octanol–water partition coefficient (Wildman–Crippen LogP) is 2.61. The number of hydrogen-bond acceptors (Lipinski definition) is 7. The maximum Gasteiger partial charge on any atom is 0.331 e. The van der Waals surface area contributed by atoms with Gasteiger partial charge in [0.1, 0.15) is 0 Å². The number of methoxy groups -OCH3 is 1. The molecule has 7 nitrogen and oxygen atoms in total. The molecule has 1 amide bonds. The summed E-state index contributed by atoms with van der Waals surface area (Å²) in [4.78, 5) is 23.1. The smallest absolute Gasteiger partial charge is 0.331 e. The van der Waals surface area contributed by atoms with Crippen LogP contribution < -0.4 is 5.32 Å². The van der Waals surface area contributed by atoms with Crippen LogP contribution in [0.25, 0.3) is 0 Å². The lowest BCUT2D eigenvalue weighted by Gasteiger charge is -2.03. The number of nitrogens with one attached hydrogen (secondary N) is 1. The molecule has 0 spiro atoms. The maximum atomic E-state index is 11.7. The number of carbonyl (C=O) groups is 2. The van der Waals surface area contributed by atoms with Crippen LogP contribution in [-0.2, 0) is 25.7 Å². The monoisotopic (exact) mass is 375 g/mol. The number of amides is 1. The lowest BCUT2D eigenvalue weighted by Crippen LogP contribution is -2.19. The summed E-state index contributed by atoms with van der Waals surface area (Å²) in [6.45, 7) is 3.50. The standard InChI is InChI=1S/C18H21N3O4S/c1-3-4-9-25-12-14-7-5-13(6-8-14)11-19-21-18-20-17(23)15(26-18)10-16(22)24-2/h5-8,10-11H,3-4,9,12H2,1-2H3,(H,20,21,23)/b15-10+,19-11?. The number of hydrogen-bond donors (Lipinski definition) is 1. The molecular formula is C18H21N3O4S. The van der Waals surface area contributed by atoms with Gasteiger partial charge in [-0.05, 0) is 29.3 Å². The van der Waals surface area contributed by atoms with Crippen LogP contribution in [0.5, 0.6) is 0 Å². The Morgan fingerprint density at radius 2 is 2.08 bits per heavy atom. The van der Waals surface area contributed by atoms with Crippen molar-refractivity contribution in [1.29, 1.82) is 0 Å². The number of thioether (sulfide) groups is 1. The van der Waals surface area contributed by atoms with Gasteiger partial charge in [0.25, 0.3) is 5.91 Å². The molecule has 8 heteroatoms. The number of benzene rings is 1. The van der Waals surface area contributed by atoms with Crippen LogP contribution in [0.2, 0.25) is 0 Å². The topological polar surface area (TPSA) is 89.4 Å². The second-order valence-electron chi connectivity index (χ2n) is 5.39. The van der Waals surface area contributed by atoms with Crippen LogP contribution in [0.1, 0.15) is 30.9 Å². The first-order chi connectivity index (χ1) is 12.6. The van der Waals surface area contributed by atoms with Crippen molar-refractivity contribution in [2.75, 3.05) is 13.7 Å². The van der Waals surface area contributed by atoms with E-state index in [-0.39, 0.29) is 4.91 Å². The van der Waals surface area contributed by atoms with Gasteiger partial charge in [-0.25, -0.2) is 4.79 Å². The Hall–Kier alpha value is -2.45. The molecule has 1 aromatic rings. The number of esters is 1. The lowest BCUT2D eigenvalue weighted by molar-refractivity contribution is -0.135. The molecule has 1 aliphatic heterocycles. The molecule has 0 radical (unpaired) electrons. The van der Waals surface area contributed by atoms with Crippen molar-refractivity contribution in [3.63, 3.8) is 0 Å². The summed E-state index contributed by atoms with van der Waals surface area (Å²) >= 11 is 1.03. The zero-order chi connectivity index (χ0) is 18.8. The van der Waals surface area contributed by atoms with E-state index >= 15 is 0 Å². The van der Waals surface area contributed by atoms with Crippen LogP contribution in [-0.4, -0.2) is 37.0 Å². The summed E-state index contributed by atoms with van der Waals surface area (Å²) in [6, 6.07) is 7.80. The molecule has 2 rings (SSSR count). The third kappa shape index (κ3) is 6.45. The number of unbranched alkanes of at least 4 members (excludes halogenated alkanes) is 1. The van der Waals surface area contributed by atoms with E-state index in [9.17, 15) is 9.59 Å². The van der Waals surface area contributed by atoms with Crippen molar-refractivity contribution in [1.82, 2.24) is 5.32 Å². The molecule has 138 valence electrons. The number of rotatable bonds is 8. The van der Waals surface area contributed by atoms with Gasteiger partial charge in [0.15, 0.2) is 5.17 Å². The fourth-order valence-electron chi connectivity index (χ4n) is 1.93. The average Bonchev–Trinajstić information content (AvgIpc) is 2.99. The van der Waals surface area contributed by atoms with Gasteiger partial charge in [-0.15, -0.1) is 5.10 Å². The molecule has 0 atom stereocenters. The third-order valence-electron chi connectivity index (χ3n) is 3.35. The van der Waals surface area contributed by atoms with Gasteiger partial charge >= 0.3 is 5.97 Å². The Balaban J connectivity index is 1.88. The minimum absolute atomic E-state index is 0.221. The van der Waals surface area contributed by atoms with Crippen LogP contribution in [0.15, 0.2) is 45.4 Å². The molecule has 0 aromatic heterocycles. The molecule has 1 aliphatic rings. The summed E-state index contributed by atoms with van der Waals surface area (Å²) in [6.07, 6.45) is 4.89. The Bertz CT molecular complexity index is 726. The van der Waals surface area contributed by atoms with Crippen LogP contribution >= 0.6 is 11.8 Å². The number of nitrogens with zero attached hydrogens (tertiary/aromatic N) is 2. The van der Waals surface area contributed by atoms with Gasteiger partial charge in [-0.1, -0.05) is 37.6 Å². The van der Waals surface area contributed by atoms with E-state index in [0.717, 1.165) is 48.4 Å². The van der Waals surface area contributed by atoms with Crippen LogP contribution in [0.4, 0.5) is 0 Å². The predicted molar refractivity (Wildman–Crippen MR) is 102 cm³/mol. The first-order valence-electron chi connectivity index (χ1n) is 8.19. The SMILES string of the molecule is CCCCOCc1ccc(C=N/N=C2/NC(=O)/C(=C\C(=O)OC)S2)cc1. The van der Waals surface area contributed by atoms with E-state index in [1.165, 1.54) is 7.11 Å². The average molecular weight is 375 g/mol. The molecule has 0 unspecified atom stereocenters. The van der Waals surface area contributed by atoms with Gasteiger partial charge in [0.05, 0.1) is 24.8 Å². The van der Waals surface area contributed by atoms with Crippen molar-refractivity contribution in [2.45, 2.75) is 26.4 Å². The van der Waals surface area contributed by atoms with Gasteiger partial charge in [0, 0.05) is 12.7 Å². The second kappa shape index (κ2) is 10.5. The minimum atomic E-state index is -0.592. The van der Waals surface area contributed by atoms with Gasteiger partial charge in [0.2, 0.25) is 0 Å². The molecule has 1 saturated heterocycles. The molecular weight excluding hydrogens is 354 g/mol. The van der Waals surface area contributed by atoms with E-state index in [1.54, 1.807) is 6.21 Å². The van der Waals surface area contributed by atoms with E-state index in [0.29, 0.717) is 11.8 Å². The Kier molecular flexibility index (Phi) is 8.04. The summed E-state index contributed by atoms with van der Waals surface area (Å²) in [5.74, 6) is -0.993. The van der Waals surface area contributed by atoms with E-state index in [2.05, 4.69) is 27.2 Å². The fourth-order valence-corrected chi connectivity index (χ4v) is 2.66. The molecule has 1 aromatic carbocycles.